The molecule has 0 aliphatic carbocycles. The first-order chi connectivity index (χ1) is 32.4. The minimum Gasteiger partial charge on any atom is -0.468 e. The van der Waals surface area contributed by atoms with Crippen LogP contribution in [0.3, 0.4) is 0 Å². The minimum atomic E-state index is -2.13. The Labute approximate surface area is 402 Å². The van der Waals surface area contributed by atoms with E-state index in [-0.39, 0.29) is 30.6 Å². The maximum absolute atomic E-state index is 14.9. The van der Waals surface area contributed by atoms with Gasteiger partial charge in [0.1, 0.15) is 55.9 Å². The molecule has 12 nitrogen and oxygen atoms in total. The van der Waals surface area contributed by atoms with Crippen LogP contribution < -0.4 is 20.4 Å². The number of nitrogens with zero attached hydrogens (tertiary/aromatic N) is 5. The van der Waals surface area contributed by atoms with Crippen molar-refractivity contribution in [1.82, 2.24) is 24.4 Å². The van der Waals surface area contributed by atoms with Crippen LogP contribution in [-0.2, 0) is 22.7 Å². The van der Waals surface area contributed by atoms with Gasteiger partial charge in [-0.25, -0.2) is 14.2 Å². The number of ether oxygens (including phenoxy) is 4. The van der Waals surface area contributed by atoms with Crippen molar-refractivity contribution in [1.29, 1.82) is 0 Å². The Bertz CT molecular complexity index is 2900. The molecular weight excluding hydrogens is 892 g/mol. The Hall–Kier alpha value is -5.12. The van der Waals surface area contributed by atoms with Crippen LogP contribution in [-0.4, -0.2) is 92.5 Å². The van der Waals surface area contributed by atoms with Crippen LogP contribution in [0, 0.1) is 18.4 Å². The van der Waals surface area contributed by atoms with Gasteiger partial charge in [0.2, 0.25) is 0 Å². The number of hydrogen-bond donors (Lipinski definition) is 1. The lowest BCUT2D eigenvalue weighted by Crippen LogP contribution is -2.43. The van der Waals surface area contributed by atoms with Gasteiger partial charge < -0.3 is 33.2 Å². The molecule has 6 aromatic rings. The highest BCUT2D eigenvalue weighted by atomic mass is 28.3. The number of alkyl halides is 1. The van der Waals surface area contributed by atoms with Gasteiger partial charge in [0.25, 0.3) is 0 Å². The molecule has 0 amide bonds. The highest BCUT2D eigenvalue weighted by Gasteiger charge is 2.49. The van der Waals surface area contributed by atoms with E-state index in [2.05, 4.69) is 82.9 Å². The molecule has 0 saturated carbocycles. The Balaban J connectivity index is 1.26. The monoisotopic (exact) mass is 960 g/mol. The van der Waals surface area contributed by atoms with Gasteiger partial charge in [-0.3, -0.25) is 4.90 Å². The van der Waals surface area contributed by atoms with Crippen LogP contribution in [0.15, 0.2) is 64.1 Å². The van der Waals surface area contributed by atoms with Crippen LogP contribution in [0.1, 0.15) is 77.5 Å². The van der Waals surface area contributed by atoms with Crippen LogP contribution in [0.25, 0.3) is 44.0 Å². The number of hydrogen-bond acceptors (Lipinski definition) is 11. The number of benzene rings is 2. The fraction of sp³-hybridized carbons (Fsp3) is 0.509. The zero-order valence-corrected chi connectivity index (χ0v) is 43.8. The van der Waals surface area contributed by atoms with Crippen LogP contribution in [0.4, 0.5) is 10.2 Å². The lowest BCUT2D eigenvalue weighted by atomic mass is 9.95. The van der Waals surface area contributed by atoms with E-state index in [0.29, 0.717) is 77.6 Å². The van der Waals surface area contributed by atoms with Gasteiger partial charge in [0, 0.05) is 81.2 Å². The second-order valence-electron chi connectivity index (χ2n) is 21.1. The number of rotatable bonds is 18. The first kappa shape index (κ1) is 49.3. The number of pyridine rings is 1. The number of anilines is 1. The van der Waals surface area contributed by atoms with Crippen LogP contribution in [0.5, 0.6) is 11.8 Å². The van der Waals surface area contributed by atoms with Crippen molar-refractivity contribution in [3.63, 3.8) is 0 Å². The van der Waals surface area contributed by atoms with Gasteiger partial charge in [-0.15, -0.1) is 5.54 Å². The van der Waals surface area contributed by atoms with E-state index in [4.69, 9.17) is 38.3 Å². The third-order valence-corrected chi connectivity index (χ3v) is 22.4. The summed E-state index contributed by atoms with van der Waals surface area (Å²) in [5.74, 6) is 4.84. The van der Waals surface area contributed by atoms with Crippen molar-refractivity contribution in [2.24, 2.45) is 0 Å². The summed E-state index contributed by atoms with van der Waals surface area (Å²) < 4.78 is 47.5. The van der Waals surface area contributed by atoms with E-state index in [9.17, 15) is 9.18 Å². The molecule has 2 fully saturated rings. The summed E-state index contributed by atoms with van der Waals surface area (Å²) in [6.45, 7) is 25.6. The molecule has 8 rings (SSSR count). The molecule has 2 atom stereocenters. The summed E-state index contributed by atoms with van der Waals surface area (Å²) in [6.07, 6.45) is 5.09. The number of fused-ring (bicyclic) bond motifs is 4. The van der Waals surface area contributed by atoms with Gasteiger partial charge in [-0.1, -0.05) is 79.2 Å². The van der Waals surface area contributed by atoms with Crippen molar-refractivity contribution < 1.29 is 27.8 Å². The highest BCUT2D eigenvalue weighted by Crippen LogP contribution is 2.43. The van der Waals surface area contributed by atoms with Gasteiger partial charge in [0.15, 0.2) is 6.79 Å². The van der Waals surface area contributed by atoms with Gasteiger partial charge in [-0.2, -0.15) is 9.97 Å². The predicted molar refractivity (Wildman–Crippen MR) is 276 cm³/mol. The third-order valence-electron chi connectivity index (χ3n) is 14.4. The number of methoxy groups -OCH3 is 1. The first-order valence-electron chi connectivity index (χ1n) is 24.3. The largest absolute Gasteiger partial charge is 0.468 e. The third kappa shape index (κ3) is 9.85. The lowest BCUT2D eigenvalue weighted by molar-refractivity contribution is 0.0512. The molecule has 6 heterocycles. The van der Waals surface area contributed by atoms with Gasteiger partial charge in [-0.05, 0) is 90.3 Å². The molecule has 2 aromatic carbocycles. The molecule has 0 unspecified atom stereocenters. The molecule has 2 aliphatic rings. The fourth-order valence-electron chi connectivity index (χ4n) is 11.0. The summed E-state index contributed by atoms with van der Waals surface area (Å²) in [4.78, 5) is 31.5. The van der Waals surface area contributed by atoms with Gasteiger partial charge >= 0.3 is 11.6 Å². The van der Waals surface area contributed by atoms with E-state index in [1.807, 2.05) is 60.2 Å². The standard InChI is InChI=1S/C53H69FN6O6Si2/c1-34(2)68(35(3)4,36(5)6)23-18-38-15-12-16-39-25-42(65-33-62-8)26-44(45(38)39)48-37(7)47-46(51(61)66-48)49(58-52(57-47)64-31-53-19-14-21-60(53)30-41(54)27-53)56-28-40-29-59(32-63-22-24-67(9,10)11)50-43(40)17-13-20-55-50/h12-13,15-17,20,25-26,29,34-36,41H,14,19,21-22,24,27-28,30-33H2,1-11H3,(H,56,57,58)/t41-,53+/m1/s1. The maximum atomic E-state index is 14.9. The summed E-state index contributed by atoms with van der Waals surface area (Å²) in [5, 5.41) is 6.35. The average molecular weight is 961 g/mol. The van der Waals surface area contributed by atoms with Crippen molar-refractivity contribution in [2.75, 3.05) is 45.5 Å². The smallest absolute Gasteiger partial charge is 0.349 e. The van der Waals surface area contributed by atoms with E-state index in [1.54, 1.807) is 13.3 Å². The molecule has 362 valence electrons. The number of nitrogens with one attached hydrogen (secondary N) is 1. The molecule has 2 aliphatic heterocycles. The quantitative estimate of drug-likeness (QED) is 0.0383. The summed E-state index contributed by atoms with van der Waals surface area (Å²) in [7, 11) is -1.82. The Morgan fingerprint density at radius 2 is 1.79 bits per heavy atom. The molecule has 4 aromatic heterocycles. The average Bonchev–Trinajstić information content (AvgIpc) is 3.95. The molecule has 1 N–H and O–H groups in total. The Morgan fingerprint density at radius 3 is 2.53 bits per heavy atom. The summed E-state index contributed by atoms with van der Waals surface area (Å²) >= 11 is 0. The Morgan fingerprint density at radius 1 is 1.01 bits per heavy atom. The molecule has 68 heavy (non-hydrogen) atoms. The normalized spacial score (nSPS) is 17.8. The van der Waals surface area contributed by atoms with Crippen molar-refractivity contribution >= 4 is 54.7 Å². The first-order valence-corrected chi connectivity index (χ1v) is 30.2. The zero-order chi connectivity index (χ0) is 48.5. The zero-order valence-electron chi connectivity index (χ0n) is 41.8. The minimum absolute atomic E-state index is 0.0295. The molecule has 2 saturated heterocycles. The van der Waals surface area contributed by atoms with E-state index >= 15 is 0 Å². The van der Waals surface area contributed by atoms with Crippen molar-refractivity contribution in [3.8, 4) is 34.5 Å². The van der Waals surface area contributed by atoms with Crippen molar-refractivity contribution in [2.45, 2.75) is 135 Å². The topological polar surface area (TPSA) is 126 Å². The van der Waals surface area contributed by atoms with Crippen molar-refractivity contribution in [3.05, 3.63) is 82.0 Å². The molecule has 0 radical (unpaired) electrons. The Kier molecular flexibility index (Phi) is 14.6. The second kappa shape index (κ2) is 20.1. The number of aryl methyl sites for hydroxylation is 1. The fourth-order valence-corrected chi connectivity index (χ4v) is 17.0. The SMILES string of the molecule is COCOc1cc(-c2oc(=O)c3c(NCc4cn(COCC[Si](C)(C)C)c5ncccc45)nc(OC[C@@]45CCCN4C[C@H](F)C5)nc3c2C)c2c(C#C[Si](C(C)C)(C(C)C)C(C)C)cccc2c1. The second-order valence-corrected chi connectivity index (χ2v) is 32.3. The van der Waals surface area contributed by atoms with Gasteiger partial charge in [0.05, 0.1) is 11.1 Å². The lowest BCUT2D eigenvalue weighted by Gasteiger charge is -2.38. The molecule has 15 heteroatoms. The van der Waals surface area contributed by atoms with E-state index in [0.717, 1.165) is 58.4 Å². The molecular formula is C53H69FN6O6Si2. The molecule has 0 bridgehead atoms. The number of halogens is 1. The number of aromatic nitrogens is 4. The predicted octanol–water partition coefficient (Wildman–Crippen LogP) is 11.5. The summed E-state index contributed by atoms with van der Waals surface area (Å²) in [6, 6.07) is 15.0. The van der Waals surface area contributed by atoms with Crippen LogP contribution >= 0.6 is 0 Å². The molecule has 0 spiro atoms. The van der Waals surface area contributed by atoms with Crippen LogP contribution in [0.2, 0.25) is 42.3 Å². The maximum Gasteiger partial charge on any atom is 0.349 e. The summed E-state index contributed by atoms with van der Waals surface area (Å²) in [5.41, 5.74) is 8.40. The van der Waals surface area contributed by atoms with E-state index < -0.39 is 33.5 Å². The van der Waals surface area contributed by atoms with E-state index in [1.165, 1.54) is 0 Å². The highest BCUT2D eigenvalue weighted by molar-refractivity contribution is 6.90.